The van der Waals surface area contributed by atoms with Crippen molar-refractivity contribution in [3.8, 4) is 11.1 Å². The normalized spacial score (nSPS) is 47.9. The summed E-state index contributed by atoms with van der Waals surface area (Å²) in [6.07, 6.45) is -71.5. The number of nitrogens with one attached hydrogen (secondary N) is 2. The molecule has 96 heavy (non-hydrogen) atoms. The Kier molecular flexibility index (Phi) is 24.6. The molecule has 20 bridgehead atoms. The molecule has 15 saturated heterocycles. The van der Waals surface area contributed by atoms with E-state index in [4.69, 9.17) is 66.3 Å². The van der Waals surface area contributed by atoms with Crippen molar-refractivity contribution in [3.05, 3.63) is 54.1 Å². The second-order valence-corrected chi connectivity index (χ2v) is 26.2. The lowest BCUT2D eigenvalue weighted by atomic mass is 9.95. The SMILES string of the molecule is O=C1NCc2ccc(cc2)-c2ccc(cc2)NC(=O)SC[C@H]2O[C@@H]3O[C@H]4C(O)C(O)[C@H](O[C@@H]4CO)O[C@H]4C(O)C(O)[C@H](O[C@@H]4CO)O[C@H]4C(O)C(O)[C@H](O[C@@H]4CO)O[C@H]4C(O)C(O)[C@H](O[C@@H]4CS1)O[C@H]1C(O)C(O)[C@H](O[C@@H]1CO)O[C@H]1C(O)C(O)[C@H](O[C@@H]1CO)O[C@H]2C(O)C3O. The summed E-state index contributed by atoms with van der Waals surface area (Å²) in [5.74, 6) is -1.03. The maximum Gasteiger partial charge on any atom is 0.283 e. The van der Waals surface area contributed by atoms with E-state index < -0.39 is 270 Å². The zero-order valence-electron chi connectivity index (χ0n) is 50.3. The number of aliphatic hydroxyl groups is 19. The van der Waals surface area contributed by atoms with Gasteiger partial charge in [0.2, 0.25) is 0 Å². The molecule has 2 aromatic rings. The summed E-state index contributed by atoms with van der Waals surface area (Å²) in [4.78, 5) is 27.4. The molecule has 540 valence electrons. The lowest BCUT2D eigenvalue weighted by molar-refractivity contribution is -0.395. The Morgan fingerprint density at radius 2 is 0.562 bits per heavy atom. The Morgan fingerprint density at radius 3 is 0.854 bits per heavy atom. The van der Waals surface area contributed by atoms with Gasteiger partial charge >= 0.3 is 0 Å². The molecule has 39 heteroatoms. The van der Waals surface area contributed by atoms with Crippen molar-refractivity contribution >= 4 is 39.7 Å². The highest BCUT2D eigenvalue weighted by Crippen LogP contribution is 2.40. The van der Waals surface area contributed by atoms with Gasteiger partial charge in [-0.05, 0) is 28.8 Å². The highest BCUT2D eigenvalue weighted by Gasteiger charge is 2.60. The molecule has 21 heterocycles. The second kappa shape index (κ2) is 32.0. The molecule has 35 atom stereocenters. The number of ether oxygens (including phenoxy) is 14. The molecular formula is C57H80N2O35S2. The van der Waals surface area contributed by atoms with Gasteiger partial charge in [-0.15, -0.1) is 0 Å². The van der Waals surface area contributed by atoms with Gasteiger partial charge in [0.1, 0.15) is 159 Å². The topological polar surface area (TPSA) is 572 Å². The number of rotatable bonds is 5. The number of thioether (sulfide) groups is 2. The van der Waals surface area contributed by atoms with Crippen LogP contribution < -0.4 is 10.6 Å². The minimum atomic E-state index is -2.26. The Balaban J connectivity index is 0.965. The summed E-state index contributed by atoms with van der Waals surface area (Å²) < 4.78 is 83.0. The van der Waals surface area contributed by atoms with Gasteiger partial charge in [0.05, 0.1) is 45.2 Å². The number of anilines is 1. The van der Waals surface area contributed by atoms with Gasteiger partial charge in [0, 0.05) is 23.7 Å². The number of carbonyl (C=O) groups excluding carboxylic acids is 2. The minimum Gasteiger partial charge on any atom is -0.394 e. The molecule has 2 aromatic carbocycles. The summed E-state index contributed by atoms with van der Waals surface area (Å²) in [6, 6.07) is 13.5. The van der Waals surface area contributed by atoms with Gasteiger partial charge < -0.3 is 174 Å². The number of aliphatic hydroxyl groups excluding tert-OH is 19. The van der Waals surface area contributed by atoms with Crippen LogP contribution in [-0.2, 0) is 72.9 Å². The molecule has 0 spiro atoms. The average Bonchev–Trinajstić information content (AvgIpc) is 0.780. The molecule has 37 nitrogen and oxygen atoms in total. The van der Waals surface area contributed by atoms with Crippen molar-refractivity contribution in [1.82, 2.24) is 5.32 Å². The first-order valence-corrected chi connectivity index (χ1v) is 32.7. The van der Waals surface area contributed by atoms with Crippen LogP contribution in [-0.4, -0.2) is 367 Å². The molecule has 15 fully saturated rings. The molecule has 0 aromatic heterocycles. The van der Waals surface area contributed by atoms with E-state index in [-0.39, 0.29) is 12.2 Å². The largest absolute Gasteiger partial charge is 0.394 e. The molecule has 21 N–H and O–H groups in total. The first-order valence-electron chi connectivity index (χ1n) is 30.7. The number of hydrogen-bond donors (Lipinski definition) is 21. The van der Waals surface area contributed by atoms with Gasteiger partial charge in [-0.2, -0.15) is 0 Å². The molecule has 21 aliphatic heterocycles. The molecule has 0 aliphatic carbocycles. The highest BCUT2D eigenvalue weighted by molar-refractivity contribution is 8.14. The molecule has 0 saturated carbocycles. The third-order valence-electron chi connectivity index (χ3n) is 18.0. The van der Waals surface area contributed by atoms with Crippen LogP contribution in [0.25, 0.3) is 11.1 Å². The van der Waals surface area contributed by atoms with E-state index in [1.165, 1.54) is 0 Å². The van der Waals surface area contributed by atoms with Crippen LogP contribution in [0.1, 0.15) is 5.56 Å². The van der Waals surface area contributed by atoms with Crippen LogP contribution in [0.15, 0.2) is 48.5 Å². The van der Waals surface area contributed by atoms with Crippen LogP contribution in [0, 0.1) is 0 Å². The van der Waals surface area contributed by atoms with Crippen molar-refractivity contribution in [3.63, 3.8) is 0 Å². The molecule has 21 aliphatic rings. The Bertz CT molecular complexity index is 2840. The van der Waals surface area contributed by atoms with E-state index in [1.807, 2.05) is 0 Å². The fraction of sp³-hybridized carbons (Fsp3) is 0.754. The maximum absolute atomic E-state index is 13.7. The van der Waals surface area contributed by atoms with Crippen molar-refractivity contribution in [2.75, 3.05) is 49.9 Å². The highest BCUT2D eigenvalue weighted by atomic mass is 32.2. The molecule has 23 rings (SSSR count). The predicted octanol–water partition coefficient (Wildman–Crippen LogP) is -9.63. The summed E-state index contributed by atoms with van der Waals surface area (Å²) in [7, 11) is 0. The fourth-order valence-corrected chi connectivity index (χ4v) is 14.2. The summed E-state index contributed by atoms with van der Waals surface area (Å²) in [5, 5.41) is 221. The molecule has 2 amide bonds. The minimum absolute atomic E-state index is 0.0426. The van der Waals surface area contributed by atoms with Crippen LogP contribution >= 0.6 is 23.5 Å². The number of benzene rings is 2. The summed E-state index contributed by atoms with van der Waals surface area (Å²) in [6.45, 7) is -5.41. The Hall–Kier alpha value is -3.24. The smallest absolute Gasteiger partial charge is 0.283 e. The van der Waals surface area contributed by atoms with E-state index in [2.05, 4.69) is 10.6 Å². The zero-order chi connectivity index (χ0) is 68.7. The average molecular weight is 1420 g/mol. The van der Waals surface area contributed by atoms with Crippen LogP contribution in [0.2, 0.25) is 0 Å². The first-order chi connectivity index (χ1) is 45.9. The quantitative estimate of drug-likeness (QED) is 0.132. The van der Waals surface area contributed by atoms with E-state index in [0.29, 0.717) is 40.2 Å². The van der Waals surface area contributed by atoms with Gasteiger partial charge in [0.15, 0.2) is 44.0 Å². The second-order valence-electron chi connectivity index (χ2n) is 24.2. The van der Waals surface area contributed by atoms with Crippen molar-refractivity contribution in [1.29, 1.82) is 0 Å². The van der Waals surface area contributed by atoms with E-state index in [9.17, 15) is 107 Å². The van der Waals surface area contributed by atoms with E-state index in [0.717, 1.165) is 0 Å². The predicted molar refractivity (Wildman–Crippen MR) is 312 cm³/mol. The number of amides is 2. The van der Waals surface area contributed by atoms with Crippen molar-refractivity contribution < 1.29 is 173 Å². The van der Waals surface area contributed by atoms with Gasteiger partial charge in [-0.1, -0.05) is 59.9 Å². The van der Waals surface area contributed by atoms with Crippen molar-refractivity contribution in [2.24, 2.45) is 0 Å². The van der Waals surface area contributed by atoms with Crippen LogP contribution in [0.5, 0.6) is 0 Å². The number of fused-ring (bicyclic) bond motifs is 5. The van der Waals surface area contributed by atoms with Crippen LogP contribution in [0.3, 0.4) is 0 Å². The standard InChI is InChI=1S/C57H80N2O35S2/c60-10-21-42-28(65)35(72)49(81-21)89-43-22(11-61)84-52(38(75)31(43)68)93-47-26-15-95-56(79)58-9-17-1-3-18(4-2-17)19-5-7-20(8-6-19)59-57(80)96-16-27-48(34(71)41(78)55(87-27)92-46-25(14-64)83-50(88-42)37(74)30(46)67)94-53-39(76)32(69)44(23(12-62)85-53)90-51-36(73)29(66)45(24(13-63)82-51)91-54(86-26)40(77)33(47)70/h1-8,21-55,60-78H,9-16H2,(H,58,79)(H,59,80)/t21-,22-,23-,24-,25-,26-,27-,28?,29?,30?,31?,32?,33?,34?,35?,36?,37?,38?,39?,40?,41?,42-,43-,44-,45-,46-,47-,48-,49-,50-,51-,52-,53-,54-,55-/m1/s1. The van der Waals surface area contributed by atoms with Gasteiger partial charge in [-0.3, -0.25) is 9.59 Å². The summed E-state index contributed by atoms with van der Waals surface area (Å²) in [5.41, 5.74) is 2.31. The third kappa shape index (κ3) is 15.4. The lowest BCUT2D eigenvalue weighted by Crippen LogP contribution is -2.68. The van der Waals surface area contributed by atoms with Gasteiger partial charge in [-0.25, -0.2) is 0 Å². The third-order valence-corrected chi connectivity index (χ3v) is 19.8. The fourth-order valence-electron chi connectivity index (χ4n) is 12.6. The maximum atomic E-state index is 13.7. The van der Waals surface area contributed by atoms with E-state index in [1.54, 1.807) is 48.5 Å². The molecular weight excluding hydrogens is 1340 g/mol. The monoisotopic (exact) mass is 1420 g/mol. The zero-order valence-corrected chi connectivity index (χ0v) is 52.0. The Morgan fingerprint density at radius 1 is 0.312 bits per heavy atom. The lowest BCUT2D eigenvalue weighted by Gasteiger charge is -2.50. The summed E-state index contributed by atoms with van der Waals surface area (Å²) >= 11 is 1.09. The number of carbonyl (C=O) groups is 2. The number of hydrogen-bond acceptors (Lipinski definition) is 37. The van der Waals surface area contributed by atoms with E-state index >= 15 is 0 Å². The van der Waals surface area contributed by atoms with Crippen LogP contribution in [0.4, 0.5) is 15.3 Å². The molecule has 0 radical (unpaired) electrons. The Labute approximate surface area is 552 Å². The van der Waals surface area contributed by atoms with Gasteiger partial charge in [0.25, 0.3) is 10.5 Å². The molecule has 14 unspecified atom stereocenters. The first kappa shape index (κ1) is 74.0. The van der Waals surface area contributed by atoms with Crippen molar-refractivity contribution in [2.45, 2.75) is 221 Å².